The number of carbonyl (C=O) groups is 2. The van der Waals surface area contributed by atoms with E-state index >= 15 is 0 Å². The average molecular weight is 479 g/mol. The molecule has 0 aliphatic carbocycles. The lowest BCUT2D eigenvalue weighted by molar-refractivity contribution is -0.275. The summed E-state index contributed by atoms with van der Waals surface area (Å²) in [5.41, 5.74) is -1.29. The highest BCUT2D eigenvalue weighted by molar-refractivity contribution is 5.98. The third kappa shape index (κ3) is 4.26. The maximum atomic E-state index is 14.6. The number of benzene rings is 1. The van der Waals surface area contributed by atoms with Gasteiger partial charge in [0.15, 0.2) is 11.6 Å². The second-order valence-electron chi connectivity index (χ2n) is 7.53. The molecule has 2 N–H and O–H groups in total. The summed E-state index contributed by atoms with van der Waals surface area (Å²) in [5, 5.41) is 12.0. The Morgan fingerprint density at radius 1 is 1.26 bits per heavy atom. The van der Waals surface area contributed by atoms with Crippen LogP contribution in [-0.2, 0) is 12.6 Å². The number of hydrogen-bond donors (Lipinski definition) is 2. The van der Waals surface area contributed by atoms with Crippen LogP contribution >= 0.6 is 0 Å². The van der Waals surface area contributed by atoms with Crippen molar-refractivity contribution in [1.29, 1.82) is 0 Å². The molecule has 178 valence electrons. The van der Waals surface area contributed by atoms with Crippen LogP contribution in [0.2, 0.25) is 0 Å². The minimum absolute atomic E-state index is 0.0146. The van der Waals surface area contributed by atoms with Gasteiger partial charge in [0.25, 0.3) is 5.91 Å². The summed E-state index contributed by atoms with van der Waals surface area (Å²) in [6.45, 7) is 0.0799. The highest BCUT2D eigenvalue weighted by Gasteiger charge is 2.43. The number of fused-ring (bicyclic) bond motifs is 1. The molecule has 3 aromatic rings. The Morgan fingerprint density at radius 2 is 2.03 bits per heavy atom. The van der Waals surface area contributed by atoms with Crippen molar-refractivity contribution in [2.24, 2.45) is 7.05 Å². The van der Waals surface area contributed by atoms with Gasteiger partial charge in [0.1, 0.15) is 22.7 Å². The first-order valence-corrected chi connectivity index (χ1v) is 9.86. The fourth-order valence-corrected chi connectivity index (χ4v) is 3.88. The number of alkyl halides is 3. The SMILES string of the molecule is Cn1cc(C(=O)NC2(c3ccc(OC(F)(F)F)c(F)c3)CCOc3cccnc32)cc1C(=O)O. The molecule has 3 heterocycles. The first kappa shape index (κ1) is 23.1. The lowest BCUT2D eigenvalue weighted by atomic mass is 9.81. The van der Waals surface area contributed by atoms with Gasteiger partial charge in [0, 0.05) is 25.9 Å². The number of halogens is 4. The van der Waals surface area contributed by atoms with E-state index in [9.17, 15) is 32.3 Å². The lowest BCUT2D eigenvalue weighted by Gasteiger charge is -2.39. The number of hydrogen-bond acceptors (Lipinski definition) is 5. The first-order valence-electron chi connectivity index (χ1n) is 9.86. The summed E-state index contributed by atoms with van der Waals surface area (Å²) in [6, 6.07) is 7.19. The zero-order chi connectivity index (χ0) is 24.7. The van der Waals surface area contributed by atoms with Crippen LogP contribution in [0.25, 0.3) is 0 Å². The minimum atomic E-state index is -5.09. The van der Waals surface area contributed by atoms with Gasteiger partial charge in [-0.2, -0.15) is 0 Å². The highest BCUT2D eigenvalue weighted by atomic mass is 19.4. The normalized spacial score (nSPS) is 17.4. The van der Waals surface area contributed by atoms with Crippen LogP contribution in [-0.4, -0.2) is 39.5 Å². The van der Waals surface area contributed by atoms with Crippen LogP contribution in [0, 0.1) is 5.82 Å². The smallest absolute Gasteiger partial charge is 0.491 e. The Morgan fingerprint density at radius 3 is 2.68 bits per heavy atom. The van der Waals surface area contributed by atoms with Crippen molar-refractivity contribution >= 4 is 11.9 Å². The van der Waals surface area contributed by atoms with Crippen molar-refractivity contribution in [3.05, 3.63) is 77.1 Å². The zero-order valence-corrected chi connectivity index (χ0v) is 17.5. The summed E-state index contributed by atoms with van der Waals surface area (Å²) in [6.07, 6.45) is -2.28. The predicted octanol–water partition coefficient (Wildman–Crippen LogP) is 3.61. The van der Waals surface area contributed by atoms with E-state index in [0.717, 1.165) is 12.1 Å². The molecule has 1 unspecified atom stereocenters. The van der Waals surface area contributed by atoms with Crippen LogP contribution in [0.1, 0.15) is 38.5 Å². The summed E-state index contributed by atoms with van der Waals surface area (Å²) in [5.74, 6) is -3.96. The number of aromatic nitrogens is 2. The second-order valence-corrected chi connectivity index (χ2v) is 7.53. The van der Waals surface area contributed by atoms with E-state index in [1.54, 1.807) is 12.1 Å². The summed E-state index contributed by atoms with van der Waals surface area (Å²) in [4.78, 5) is 28.8. The molecule has 2 aromatic heterocycles. The van der Waals surface area contributed by atoms with E-state index < -0.39 is 35.3 Å². The van der Waals surface area contributed by atoms with Gasteiger partial charge in [0.2, 0.25) is 0 Å². The monoisotopic (exact) mass is 479 g/mol. The van der Waals surface area contributed by atoms with Crippen molar-refractivity contribution in [2.75, 3.05) is 6.61 Å². The third-order valence-electron chi connectivity index (χ3n) is 5.37. The van der Waals surface area contributed by atoms with Gasteiger partial charge >= 0.3 is 12.3 Å². The molecule has 4 rings (SSSR count). The van der Waals surface area contributed by atoms with E-state index in [0.29, 0.717) is 5.75 Å². The van der Waals surface area contributed by atoms with Gasteiger partial charge in [-0.3, -0.25) is 9.78 Å². The number of aryl methyl sites for hydroxylation is 1. The number of nitrogens with zero attached hydrogens (tertiary/aromatic N) is 2. The molecule has 0 radical (unpaired) electrons. The van der Waals surface area contributed by atoms with Crippen LogP contribution in [0.3, 0.4) is 0 Å². The number of ether oxygens (including phenoxy) is 2. The molecule has 12 heteroatoms. The number of nitrogens with one attached hydrogen (secondary N) is 1. The fraction of sp³-hybridized carbons (Fsp3) is 0.227. The Kier molecular flexibility index (Phi) is 5.67. The molecular weight excluding hydrogens is 462 g/mol. The van der Waals surface area contributed by atoms with Crippen molar-refractivity contribution in [3.8, 4) is 11.5 Å². The average Bonchev–Trinajstić information content (AvgIpc) is 3.16. The quantitative estimate of drug-likeness (QED) is 0.542. The van der Waals surface area contributed by atoms with Gasteiger partial charge in [-0.1, -0.05) is 6.07 Å². The van der Waals surface area contributed by atoms with Crippen molar-refractivity contribution < 1.29 is 41.7 Å². The van der Waals surface area contributed by atoms with Crippen molar-refractivity contribution in [1.82, 2.24) is 14.9 Å². The van der Waals surface area contributed by atoms with Crippen LogP contribution in [0.15, 0.2) is 48.8 Å². The Bertz CT molecular complexity index is 1270. The minimum Gasteiger partial charge on any atom is -0.491 e. The number of carbonyl (C=O) groups excluding carboxylic acids is 1. The van der Waals surface area contributed by atoms with Gasteiger partial charge in [0.05, 0.1) is 12.2 Å². The van der Waals surface area contributed by atoms with Crippen molar-refractivity contribution in [3.63, 3.8) is 0 Å². The molecule has 1 atom stereocenters. The molecule has 0 saturated heterocycles. The lowest BCUT2D eigenvalue weighted by Crippen LogP contribution is -2.50. The molecule has 34 heavy (non-hydrogen) atoms. The molecule has 8 nitrogen and oxygen atoms in total. The summed E-state index contributed by atoms with van der Waals surface area (Å²) in [7, 11) is 1.45. The number of rotatable bonds is 5. The van der Waals surface area contributed by atoms with Gasteiger partial charge in [-0.05, 0) is 35.9 Å². The number of aromatic carboxylic acids is 1. The standard InChI is InChI=1S/C22H17F4N3O5/c1-29-11-12(9-15(29)20(31)32)19(30)28-21(6-8-33-17-3-2-7-27-18(17)21)13-4-5-16(14(23)10-13)34-22(24,25)26/h2-5,7,9-11H,6,8H2,1H3,(H,28,30)(H,31,32). The maximum Gasteiger partial charge on any atom is 0.573 e. The summed E-state index contributed by atoms with van der Waals surface area (Å²) < 4.78 is 62.9. The fourth-order valence-electron chi connectivity index (χ4n) is 3.88. The number of amides is 1. The number of pyridine rings is 1. The molecule has 1 aliphatic heterocycles. The first-order chi connectivity index (χ1) is 16.0. The molecule has 0 bridgehead atoms. The molecule has 1 amide bonds. The van der Waals surface area contributed by atoms with E-state index in [2.05, 4.69) is 15.0 Å². The maximum absolute atomic E-state index is 14.6. The summed E-state index contributed by atoms with van der Waals surface area (Å²) >= 11 is 0. The van der Waals surface area contributed by atoms with Gasteiger partial charge in [-0.15, -0.1) is 13.2 Å². The number of carboxylic acid groups (broad SMARTS) is 1. The number of carboxylic acids is 1. The van der Waals surface area contributed by atoms with Crippen LogP contribution < -0.4 is 14.8 Å². The molecule has 0 saturated carbocycles. The Hall–Kier alpha value is -4.09. The molecule has 0 fully saturated rings. The van der Waals surface area contributed by atoms with E-state index in [-0.39, 0.29) is 35.5 Å². The second kappa shape index (κ2) is 8.36. The molecule has 1 aromatic carbocycles. The van der Waals surface area contributed by atoms with E-state index in [1.807, 2.05) is 0 Å². The van der Waals surface area contributed by atoms with E-state index in [4.69, 9.17) is 4.74 Å². The Labute approximate surface area is 189 Å². The molecule has 1 aliphatic rings. The molecular formula is C22H17F4N3O5. The van der Waals surface area contributed by atoms with Gasteiger partial charge in [-0.25, -0.2) is 9.18 Å². The Balaban J connectivity index is 1.80. The van der Waals surface area contributed by atoms with Crippen LogP contribution in [0.5, 0.6) is 11.5 Å². The largest absolute Gasteiger partial charge is 0.573 e. The highest BCUT2D eigenvalue weighted by Crippen LogP contribution is 2.42. The van der Waals surface area contributed by atoms with E-state index in [1.165, 1.54) is 36.1 Å². The van der Waals surface area contributed by atoms with Crippen LogP contribution in [0.4, 0.5) is 17.6 Å². The predicted molar refractivity (Wildman–Crippen MR) is 108 cm³/mol. The zero-order valence-electron chi connectivity index (χ0n) is 17.5. The van der Waals surface area contributed by atoms with Crippen molar-refractivity contribution in [2.45, 2.75) is 18.3 Å². The van der Waals surface area contributed by atoms with Gasteiger partial charge < -0.3 is 24.5 Å². The molecule has 0 spiro atoms. The third-order valence-corrected chi connectivity index (χ3v) is 5.37. The topological polar surface area (TPSA) is 103 Å².